The number of hydrogen-bond donors (Lipinski definition) is 0. The van der Waals surface area contributed by atoms with Gasteiger partial charge in [0.1, 0.15) is 6.54 Å². The van der Waals surface area contributed by atoms with Gasteiger partial charge in [0.05, 0.1) is 16.8 Å². The number of aryl methyl sites for hydroxylation is 4. The summed E-state index contributed by atoms with van der Waals surface area (Å²) in [6.07, 6.45) is 0. The molecule has 0 saturated carbocycles. The lowest BCUT2D eigenvalue weighted by Crippen LogP contribution is -2.23. The molecule has 1 aromatic carbocycles. The van der Waals surface area contributed by atoms with Crippen LogP contribution in [0.3, 0.4) is 0 Å². The molecule has 0 aliphatic carbocycles. The lowest BCUT2D eigenvalue weighted by molar-refractivity contribution is -0.143. The van der Waals surface area contributed by atoms with Crippen molar-refractivity contribution in [3.63, 3.8) is 0 Å². The van der Waals surface area contributed by atoms with Crippen molar-refractivity contribution in [3.8, 4) is 0 Å². The summed E-state index contributed by atoms with van der Waals surface area (Å²) in [5.74, 6) is -0.782. The molecule has 3 aromatic rings. The molecule has 28 heavy (non-hydrogen) atoms. The van der Waals surface area contributed by atoms with E-state index in [9.17, 15) is 9.59 Å². The SMILES string of the molecule is CCOC(=O)Cn1c(=NC(=O)c2cc(C)n(CC)n2)sc2c(C)cc(C)cc21. The minimum atomic E-state index is -0.422. The average molecular weight is 401 g/mol. The number of ether oxygens (including phenoxy) is 1. The molecule has 0 saturated heterocycles. The molecule has 0 unspecified atom stereocenters. The summed E-state index contributed by atoms with van der Waals surface area (Å²) in [7, 11) is 0. The lowest BCUT2D eigenvalue weighted by atomic mass is 10.1. The second kappa shape index (κ2) is 8.10. The third kappa shape index (κ3) is 3.91. The first kappa shape index (κ1) is 20.0. The van der Waals surface area contributed by atoms with Crippen LogP contribution in [0.2, 0.25) is 0 Å². The first-order valence-electron chi connectivity index (χ1n) is 9.23. The van der Waals surface area contributed by atoms with E-state index >= 15 is 0 Å². The lowest BCUT2D eigenvalue weighted by Gasteiger charge is -2.06. The molecule has 0 fully saturated rings. The zero-order valence-corrected chi connectivity index (χ0v) is 17.6. The van der Waals surface area contributed by atoms with Gasteiger partial charge in [-0.2, -0.15) is 10.1 Å². The van der Waals surface area contributed by atoms with Crippen molar-refractivity contribution in [2.45, 2.75) is 47.7 Å². The van der Waals surface area contributed by atoms with Gasteiger partial charge in [0, 0.05) is 12.2 Å². The molecule has 8 heteroatoms. The summed E-state index contributed by atoms with van der Waals surface area (Å²) >= 11 is 1.39. The standard InChI is InChI=1S/C20H24N4O3S/c1-6-24-14(5)10-15(22-24)19(26)21-20-23(11-17(25)27-7-2)16-9-12(3)8-13(4)18(16)28-20/h8-10H,6-7,11H2,1-5H3. The summed E-state index contributed by atoms with van der Waals surface area (Å²) in [5, 5.41) is 4.31. The topological polar surface area (TPSA) is 78.5 Å². The minimum absolute atomic E-state index is 0.00523. The number of esters is 1. The van der Waals surface area contributed by atoms with E-state index in [1.807, 2.05) is 33.8 Å². The predicted molar refractivity (Wildman–Crippen MR) is 108 cm³/mol. The largest absolute Gasteiger partial charge is 0.465 e. The highest BCUT2D eigenvalue weighted by Crippen LogP contribution is 2.23. The number of carbonyl (C=O) groups excluding carboxylic acids is 2. The Balaban J connectivity index is 2.15. The van der Waals surface area contributed by atoms with E-state index in [0.29, 0.717) is 23.6 Å². The maximum Gasteiger partial charge on any atom is 0.326 e. The summed E-state index contributed by atoms with van der Waals surface area (Å²) in [6.45, 7) is 10.6. The van der Waals surface area contributed by atoms with Gasteiger partial charge < -0.3 is 9.30 Å². The zero-order chi connectivity index (χ0) is 20.4. The number of thiazole rings is 1. The molecule has 1 amide bonds. The van der Waals surface area contributed by atoms with Crippen LogP contribution in [0.25, 0.3) is 10.2 Å². The molecule has 7 nitrogen and oxygen atoms in total. The third-order valence-corrected chi connectivity index (χ3v) is 5.63. The molecule has 0 atom stereocenters. The fraction of sp³-hybridized carbons (Fsp3) is 0.400. The van der Waals surface area contributed by atoms with Crippen molar-refractivity contribution >= 4 is 33.4 Å². The number of amides is 1. The fourth-order valence-corrected chi connectivity index (χ4v) is 4.24. The van der Waals surface area contributed by atoms with E-state index in [4.69, 9.17) is 4.74 Å². The van der Waals surface area contributed by atoms with Gasteiger partial charge in [-0.15, -0.1) is 0 Å². The molecule has 3 rings (SSSR count). The number of carbonyl (C=O) groups is 2. The number of benzene rings is 1. The van der Waals surface area contributed by atoms with Gasteiger partial charge in [0.15, 0.2) is 10.5 Å². The van der Waals surface area contributed by atoms with Crippen LogP contribution < -0.4 is 4.80 Å². The average Bonchev–Trinajstić information content (AvgIpc) is 3.17. The van der Waals surface area contributed by atoms with Crippen molar-refractivity contribution < 1.29 is 14.3 Å². The second-order valence-corrected chi connectivity index (χ2v) is 7.59. The van der Waals surface area contributed by atoms with Crippen molar-refractivity contribution in [1.82, 2.24) is 14.3 Å². The molecule has 0 N–H and O–H groups in total. The Bertz CT molecular complexity index is 1120. The summed E-state index contributed by atoms with van der Waals surface area (Å²) < 4.78 is 9.61. The van der Waals surface area contributed by atoms with Crippen molar-refractivity contribution in [1.29, 1.82) is 0 Å². The van der Waals surface area contributed by atoms with E-state index in [0.717, 1.165) is 27.0 Å². The smallest absolute Gasteiger partial charge is 0.326 e. The molecular weight excluding hydrogens is 376 g/mol. The first-order chi connectivity index (χ1) is 13.3. The number of hydrogen-bond acceptors (Lipinski definition) is 5. The van der Waals surface area contributed by atoms with E-state index in [1.165, 1.54) is 11.3 Å². The van der Waals surface area contributed by atoms with E-state index in [1.54, 1.807) is 22.2 Å². The van der Waals surface area contributed by atoms with Crippen LogP contribution in [-0.2, 0) is 22.6 Å². The van der Waals surface area contributed by atoms with Crippen LogP contribution >= 0.6 is 11.3 Å². The molecule has 2 heterocycles. The molecule has 0 aliphatic rings. The van der Waals surface area contributed by atoms with Crippen LogP contribution in [0.5, 0.6) is 0 Å². The van der Waals surface area contributed by atoms with Crippen molar-refractivity contribution in [2.75, 3.05) is 6.61 Å². The Labute approximate surface area is 167 Å². The van der Waals surface area contributed by atoms with E-state index < -0.39 is 5.91 Å². The van der Waals surface area contributed by atoms with Crippen LogP contribution in [0.1, 0.15) is 41.2 Å². The summed E-state index contributed by atoms with van der Waals surface area (Å²) in [4.78, 5) is 29.6. The van der Waals surface area contributed by atoms with Gasteiger partial charge in [-0.1, -0.05) is 17.4 Å². The quantitative estimate of drug-likeness (QED) is 0.617. The number of fused-ring (bicyclic) bond motifs is 1. The normalized spacial score (nSPS) is 12.0. The maximum absolute atomic E-state index is 12.7. The van der Waals surface area contributed by atoms with Crippen LogP contribution in [0.15, 0.2) is 23.2 Å². The van der Waals surface area contributed by atoms with E-state index in [-0.39, 0.29) is 12.5 Å². The van der Waals surface area contributed by atoms with E-state index in [2.05, 4.69) is 16.2 Å². The van der Waals surface area contributed by atoms with Gasteiger partial charge >= 0.3 is 5.97 Å². The molecular formula is C20H24N4O3S. The fourth-order valence-electron chi connectivity index (χ4n) is 3.17. The number of nitrogens with zero attached hydrogens (tertiary/aromatic N) is 4. The molecule has 148 valence electrons. The van der Waals surface area contributed by atoms with Gasteiger partial charge in [-0.25, -0.2) is 0 Å². The summed E-state index contributed by atoms with van der Waals surface area (Å²) in [5.41, 5.74) is 4.24. The molecule has 0 bridgehead atoms. The van der Waals surface area contributed by atoms with Crippen LogP contribution in [0, 0.1) is 20.8 Å². The Morgan fingerprint density at radius 1 is 1.18 bits per heavy atom. The maximum atomic E-state index is 12.7. The van der Waals surface area contributed by atoms with Gasteiger partial charge in [-0.05, 0) is 57.9 Å². The first-order valence-corrected chi connectivity index (χ1v) is 10.0. The number of rotatable bonds is 5. The van der Waals surface area contributed by atoms with Gasteiger partial charge in [-0.3, -0.25) is 14.3 Å². The van der Waals surface area contributed by atoms with Gasteiger partial charge in [0.2, 0.25) is 0 Å². The Morgan fingerprint density at radius 2 is 1.93 bits per heavy atom. The van der Waals surface area contributed by atoms with Crippen LogP contribution in [0.4, 0.5) is 0 Å². The minimum Gasteiger partial charge on any atom is -0.465 e. The highest BCUT2D eigenvalue weighted by Gasteiger charge is 2.16. The predicted octanol–water partition coefficient (Wildman–Crippen LogP) is 3.15. The molecule has 0 spiro atoms. The number of aromatic nitrogens is 3. The molecule has 0 radical (unpaired) electrons. The highest BCUT2D eigenvalue weighted by atomic mass is 32.1. The monoisotopic (exact) mass is 400 g/mol. The second-order valence-electron chi connectivity index (χ2n) is 6.61. The van der Waals surface area contributed by atoms with Crippen molar-refractivity contribution in [3.05, 3.63) is 45.5 Å². The zero-order valence-electron chi connectivity index (χ0n) is 16.8. The Morgan fingerprint density at radius 3 is 2.57 bits per heavy atom. The molecule has 2 aromatic heterocycles. The molecule has 0 aliphatic heterocycles. The third-order valence-electron chi connectivity index (χ3n) is 4.40. The van der Waals surface area contributed by atoms with Gasteiger partial charge in [0.25, 0.3) is 5.91 Å². The highest BCUT2D eigenvalue weighted by molar-refractivity contribution is 7.16. The van der Waals surface area contributed by atoms with Crippen molar-refractivity contribution in [2.24, 2.45) is 4.99 Å². The summed E-state index contributed by atoms with van der Waals surface area (Å²) in [6, 6.07) is 5.80. The Kier molecular flexibility index (Phi) is 5.79. The van der Waals surface area contributed by atoms with Crippen LogP contribution in [-0.4, -0.2) is 32.8 Å². The Hall–Kier alpha value is -2.74.